The Balaban J connectivity index is 1.67. The molecule has 0 amide bonds. The summed E-state index contributed by atoms with van der Waals surface area (Å²) in [5, 5.41) is 3.35. The van der Waals surface area contributed by atoms with Gasteiger partial charge in [-0.05, 0) is 30.7 Å². The molecule has 4 heteroatoms. The molecule has 0 radical (unpaired) electrons. The maximum absolute atomic E-state index is 5.75. The summed E-state index contributed by atoms with van der Waals surface area (Å²) in [5.41, 5.74) is 0. The van der Waals surface area contributed by atoms with Crippen molar-refractivity contribution in [2.45, 2.75) is 13.3 Å². The van der Waals surface area contributed by atoms with Crippen LogP contribution in [0.25, 0.3) is 0 Å². The predicted molar refractivity (Wildman–Crippen MR) is 77.0 cm³/mol. The van der Waals surface area contributed by atoms with Gasteiger partial charge in [-0.3, -0.25) is 4.90 Å². The molecule has 1 heterocycles. The van der Waals surface area contributed by atoms with Crippen LogP contribution >= 0.6 is 0 Å². The summed E-state index contributed by atoms with van der Waals surface area (Å²) in [6.07, 6.45) is 1.03. The van der Waals surface area contributed by atoms with Crippen LogP contribution in [0, 0.1) is 0 Å². The van der Waals surface area contributed by atoms with Crippen molar-refractivity contribution >= 4 is 0 Å². The zero-order valence-corrected chi connectivity index (χ0v) is 11.7. The second kappa shape index (κ2) is 8.02. The molecule has 1 fully saturated rings. The van der Waals surface area contributed by atoms with Gasteiger partial charge in [0.2, 0.25) is 0 Å². The van der Waals surface area contributed by atoms with Crippen LogP contribution < -0.4 is 14.8 Å². The normalized spacial score (nSPS) is 16.3. The first-order valence-electron chi connectivity index (χ1n) is 7.17. The van der Waals surface area contributed by atoms with Crippen LogP contribution in [0.15, 0.2) is 24.3 Å². The molecule has 1 saturated heterocycles. The average molecular weight is 264 g/mol. The Morgan fingerprint density at radius 3 is 2.16 bits per heavy atom. The highest BCUT2D eigenvalue weighted by atomic mass is 16.5. The zero-order valence-electron chi connectivity index (χ0n) is 11.7. The van der Waals surface area contributed by atoms with E-state index in [4.69, 9.17) is 9.47 Å². The van der Waals surface area contributed by atoms with Gasteiger partial charge in [-0.2, -0.15) is 0 Å². The Kier molecular flexibility index (Phi) is 5.98. The summed E-state index contributed by atoms with van der Waals surface area (Å²) in [7, 11) is 0. The maximum Gasteiger partial charge on any atom is 0.119 e. The minimum absolute atomic E-state index is 0.745. The summed E-state index contributed by atoms with van der Waals surface area (Å²) in [5.74, 6) is 1.83. The molecule has 1 aliphatic heterocycles. The maximum atomic E-state index is 5.75. The van der Waals surface area contributed by atoms with Crippen LogP contribution in [0.4, 0.5) is 0 Å². The summed E-state index contributed by atoms with van der Waals surface area (Å²) in [6.45, 7) is 9.02. The minimum atomic E-state index is 0.745. The third kappa shape index (κ3) is 5.09. The van der Waals surface area contributed by atoms with Gasteiger partial charge in [-0.25, -0.2) is 0 Å². The van der Waals surface area contributed by atoms with Crippen molar-refractivity contribution in [3.05, 3.63) is 24.3 Å². The van der Waals surface area contributed by atoms with Crippen molar-refractivity contribution in [2.24, 2.45) is 0 Å². The van der Waals surface area contributed by atoms with Crippen LogP contribution in [0.2, 0.25) is 0 Å². The molecular weight excluding hydrogens is 240 g/mol. The van der Waals surface area contributed by atoms with Crippen molar-refractivity contribution in [1.82, 2.24) is 10.2 Å². The van der Waals surface area contributed by atoms with Gasteiger partial charge in [0, 0.05) is 32.7 Å². The number of piperazine rings is 1. The SMILES string of the molecule is CCCOc1ccc(OCCN2CCNCC2)cc1. The molecule has 1 N–H and O–H groups in total. The first-order chi connectivity index (χ1) is 9.38. The van der Waals surface area contributed by atoms with Gasteiger partial charge in [0.25, 0.3) is 0 Å². The largest absolute Gasteiger partial charge is 0.494 e. The molecule has 0 atom stereocenters. The van der Waals surface area contributed by atoms with E-state index in [0.29, 0.717) is 0 Å². The lowest BCUT2D eigenvalue weighted by Crippen LogP contribution is -2.44. The van der Waals surface area contributed by atoms with Gasteiger partial charge in [-0.15, -0.1) is 0 Å². The van der Waals surface area contributed by atoms with E-state index < -0.39 is 0 Å². The molecule has 1 aliphatic rings. The first-order valence-corrected chi connectivity index (χ1v) is 7.17. The lowest BCUT2D eigenvalue weighted by molar-refractivity contribution is 0.191. The van der Waals surface area contributed by atoms with Crippen LogP contribution in [0.3, 0.4) is 0 Å². The topological polar surface area (TPSA) is 33.7 Å². The lowest BCUT2D eigenvalue weighted by Gasteiger charge is -2.26. The highest BCUT2D eigenvalue weighted by Gasteiger charge is 2.08. The second-order valence-corrected chi connectivity index (χ2v) is 4.76. The quantitative estimate of drug-likeness (QED) is 0.813. The molecule has 1 aromatic carbocycles. The number of hydrogen-bond acceptors (Lipinski definition) is 4. The number of hydrogen-bond donors (Lipinski definition) is 1. The molecule has 2 rings (SSSR count). The van der Waals surface area contributed by atoms with Gasteiger partial charge in [0.15, 0.2) is 0 Å². The standard InChI is InChI=1S/C15H24N2O2/c1-2-12-18-14-3-5-15(6-4-14)19-13-11-17-9-7-16-8-10-17/h3-6,16H,2,7-13H2,1H3. The van der Waals surface area contributed by atoms with Crippen molar-refractivity contribution in [1.29, 1.82) is 0 Å². The number of rotatable bonds is 7. The Morgan fingerprint density at radius 2 is 1.58 bits per heavy atom. The molecule has 0 saturated carbocycles. The van der Waals surface area contributed by atoms with E-state index >= 15 is 0 Å². The molecule has 4 nitrogen and oxygen atoms in total. The fraction of sp³-hybridized carbons (Fsp3) is 0.600. The Bertz CT molecular complexity index is 348. The van der Waals surface area contributed by atoms with Crippen LogP contribution in [-0.4, -0.2) is 50.8 Å². The Labute approximate surface area is 115 Å². The van der Waals surface area contributed by atoms with Crippen LogP contribution in [0.1, 0.15) is 13.3 Å². The molecule has 0 unspecified atom stereocenters. The molecule has 0 spiro atoms. The van der Waals surface area contributed by atoms with Crippen LogP contribution in [-0.2, 0) is 0 Å². The van der Waals surface area contributed by atoms with Crippen molar-refractivity contribution < 1.29 is 9.47 Å². The molecule has 1 aromatic rings. The van der Waals surface area contributed by atoms with E-state index in [1.165, 1.54) is 0 Å². The molecule has 0 aliphatic carbocycles. The fourth-order valence-electron chi connectivity index (χ4n) is 2.08. The highest BCUT2D eigenvalue weighted by Crippen LogP contribution is 2.17. The Morgan fingerprint density at radius 1 is 1.00 bits per heavy atom. The van der Waals surface area contributed by atoms with Crippen molar-refractivity contribution in [2.75, 3.05) is 45.9 Å². The van der Waals surface area contributed by atoms with Gasteiger partial charge in [-0.1, -0.05) is 6.92 Å². The van der Waals surface area contributed by atoms with E-state index in [1.54, 1.807) is 0 Å². The van der Waals surface area contributed by atoms with E-state index in [0.717, 1.165) is 63.9 Å². The average Bonchev–Trinajstić information content (AvgIpc) is 2.47. The van der Waals surface area contributed by atoms with Crippen molar-refractivity contribution in [3.63, 3.8) is 0 Å². The molecule has 0 aromatic heterocycles. The molecule has 106 valence electrons. The Hall–Kier alpha value is -1.26. The first kappa shape index (κ1) is 14.2. The smallest absolute Gasteiger partial charge is 0.119 e. The van der Waals surface area contributed by atoms with Crippen LogP contribution in [0.5, 0.6) is 11.5 Å². The van der Waals surface area contributed by atoms with Gasteiger partial charge in [0.05, 0.1) is 6.61 Å². The lowest BCUT2D eigenvalue weighted by atomic mass is 10.3. The highest BCUT2D eigenvalue weighted by molar-refractivity contribution is 5.31. The zero-order chi connectivity index (χ0) is 13.3. The van der Waals surface area contributed by atoms with E-state index in [2.05, 4.69) is 17.1 Å². The number of benzene rings is 1. The summed E-state index contributed by atoms with van der Waals surface area (Å²) >= 11 is 0. The molecular formula is C15H24N2O2. The minimum Gasteiger partial charge on any atom is -0.494 e. The number of nitrogens with one attached hydrogen (secondary N) is 1. The summed E-state index contributed by atoms with van der Waals surface area (Å²) in [4.78, 5) is 2.43. The molecule has 19 heavy (non-hydrogen) atoms. The summed E-state index contributed by atoms with van der Waals surface area (Å²) in [6, 6.07) is 7.89. The third-order valence-electron chi connectivity index (χ3n) is 3.18. The second-order valence-electron chi connectivity index (χ2n) is 4.76. The number of ether oxygens (including phenoxy) is 2. The predicted octanol–water partition coefficient (Wildman–Crippen LogP) is 1.76. The van der Waals surface area contributed by atoms with Gasteiger partial charge in [0.1, 0.15) is 18.1 Å². The van der Waals surface area contributed by atoms with Crippen molar-refractivity contribution in [3.8, 4) is 11.5 Å². The third-order valence-corrected chi connectivity index (χ3v) is 3.18. The fourth-order valence-corrected chi connectivity index (χ4v) is 2.08. The van der Waals surface area contributed by atoms with Gasteiger partial charge < -0.3 is 14.8 Å². The summed E-state index contributed by atoms with van der Waals surface area (Å²) < 4.78 is 11.3. The van der Waals surface area contributed by atoms with E-state index in [1.807, 2.05) is 24.3 Å². The monoisotopic (exact) mass is 264 g/mol. The number of nitrogens with zero attached hydrogens (tertiary/aromatic N) is 1. The van der Waals surface area contributed by atoms with E-state index in [9.17, 15) is 0 Å². The van der Waals surface area contributed by atoms with E-state index in [-0.39, 0.29) is 0 Å². The van der Waals surface area contributed by atoms with Gasteiger partial charge >= 0.3 is 0 Å². The molecule has 0 bridgehead atoms.